The van der Waals surface area contributed by atoms with Gasteiger partial charge in [0.15, 0.2) is 12.4 Å². The Labute approximate surface area is 194 Å². The van der Waals surface area contributed by atoms with Crippen LogP contribution in [0.1, 0.15) is 65.2 Å². The molecule has 0 amide bonds. The van der Waals surface area contributed by atoms with Crippen LogP contribution in [0.2, 0.25) is 0 Å². The largest absolute Gasteiger partial charge is 0.479 e. The van der Waals surface area contributed by atoms with E-state index in [0.717, 1.165) is 44.9 Å². The summed E-state index contributed by atoms with van der Waals surface area (Å²) in [5, 5.41) is 39.6. The van der Waals surface area contributed by atoms with Crippen molar-refractivity contribution < 1.29 is 39.5 Å². The van der Waals surface area contributed by atoms with E-state index in [1.165, 1.54) is 5.57 Å². The number of ether oxygens (including phenoxy) is 2. The van der Waals surface area contributed by atoms with Gasteiger partial charge in [0.1, 0.15) is 24.1 Å². The highest BCUT2D eigenvalue weighted by atomic mass is 16.7. The second kappa shape index (κ2) is 8.12. The monoisotopic (exact) mass is 464 g/mol. The Bertz CT molecular complexity index is 855. The van der Waals surface area contributed by atoms with Crippen molar-refractivity contribution >= 4 is 11.8 Å². The molecule has 5 rings (SSSR count). The molecule has 4 fully saturated rings. The van der Waals surface area contributed by atoms with Gasteiger partial charge in [-0.05, 0) is 68.1 Å². The molecule has 0 aromatic heterocycles. The Morgan fingerprint density at radius 1 is 1.03 bits per heavy atom. The number of aliphatic hydroxyl groups is 3. The van der Waals surface area contributed by atoms with E-state index in [1.54, 1.807) is 0 Å². The summed E-state index contributed by atoms with van der Waals surface area (Å²) in [6.07, 6.45) is 1.28. The summed E-state index contributed by atoms with van der Waals surface area (Å²) in [4.78, 5) is 24.0. The van der Waals surface area contributed by atoms with Gasteiger partial charge in [-0.1, -0.05) is 25.5 Å². The van der Waals surface area contributed by atoms with E-state index in [9.17, 15) is 30.0 Å². The SMILES string of the molecule is CC12CCC3C(CC=C4CC(OC5OC(C(=O)O)C(O)C(O)C5O)CCC43C)C1CCC2=O. The number of hydrogen-bond acceptors (Lipinski definition) is 7. The molecule has 11 atom stereocenters. The maximum absolute atomic E-state index is 12.6. The molecule has 8 nitrogen and oxygen atoms in total. The fourth-order valence-electron chi connectivity index (χ4n) is 7.87. The lowest BCUT2D eigenvalue weighted by Gasteiger charge is -2.57. The van der Waals surface area contributed by atoms with Crippen molar-refractivity contribution in [2.45, 2.75) is 102 Å². The molecule has 0 aromatic rings. The van der Waals surface area contributed by atoms with Gasteiger partial charge in [0.25, 0.3) is 0 Å². The minimum absolute atomic E-state index is 0.0566. The lowest BCUT2D eigenvalue weighted by Crippen LogP contribution is -2.61. The molecule has 0 aromatic carbocycles. The Kier molecular flexibility index (Phi) is 5.77. The Balaban J connectivity index is 1.30. The third-order valence-electron chi connectivity index (χ3n) is 9.91. The summed E-state index contributed by atoms with van der Waals surface area (Å²) in [7, 11) is 0. The number of aliphatic hydroxyl groups excluding tert-OH is 3. The lowest BCUT2D eigenvalue weighted by atomic mass is 9.48. The molecule has 0 bridgehead atoms. The minimum atomic E-state index is -1.72. The van der Waals surface area contributed by atoms with Crippen molar-refractivity contribution in [1.82, 2.24) is 0 Å². The summed E-state index contributed by atoms with van der Waals surface area (Å²) in [6.45, 7) is 4.53. The van der Waals surface area contributed by atoms with E-state index in [1.807, 2.05) is 0 Å². The fourth-order valence-corrected chi connectivity index (χ4v) is 7.87. The first-order valence-electron chi connectivity index (χ1n) is 12.4. The first-order valence-corrected chi connectivity index (χ1v) is 12.4. The number of ketones is 1. The van der Waals surface area contributed by atoms with Crippen molar-refractivity contribution in [3.8, 4) is 0 Å². The predicted octanol–water partition coefficient (Wildman–Crippen LogP) is 1.80. The summed E-state index contributed by atoms with van der Waals surface area (Å²) < 4.78 is 11.3. The zero-order valence-corrected chi connectivity index (χ0v) is 19.4. The molecule has 1 saturated heterocycles. The zero-order chi connectivity index (χ0) is 23.7. The average Bonchev–Trinajstić information content (AvgIpc) is 3.08. The number of carboxylic acid groups (broad SMARTS) is 1. The molecule has 4 N–H and O–H groups in total. The number of carbonyl (C=O) groups is 2. The third-order valence-corrected chi connectivity index (χ3v) is 9.91. The van der Waals surface area contributed by atoms with Crippen LogP contribution in [0.4, 0.5) is 0 Å². The van der Waals surface area contributed by atoms with E-state index in [2.05, 4.69) is 19.9 Å². The highest BCUT2D eigenvalue weighted by Crippen LogP contribution is 2.64. The van der Waals surface area contributed by atoms with Crippen LogP contribution < -0.4 is 0 Å². The highest BCUT2D eigenvalue weighted by Gasteiger charge is 2.59. The number of allylic oxidation sites excluding steroid dienone is 1. The summed E-state index contributed by atoms with van der Waals surface area (Å²) in [5.41, 5.74) is 1.25. The molecule has 33 heavy (non-hydrogen) atoms. The topological polar surface area (TPSA) is 134 Å². The van der Waals surface area contributed by atoms with Gasteiger partial charge in [0.05, 0.1) is 6.10 Å². The number of hydrogen-bond donors (Lipinski definition) is 4. The minimum Gasteiger partial charge on any atom is -0.479 e. The van der Waals surface area contributed by atoms with E-state index in [4.69, 9.17) is 9.47 Å². The van der Waals surface area contributed by atoms with Gasteiger partial charge < -0.3 is 29.9 Å². The molecular weight excluding hydrogens is 428 g/mol. The van der Waals surface area contributed by atoms with Crippen molar-refractivity contribution in [1.29, 1.82) is 0 Å². The van der Waals surface area contributed by atoms with Crippen molar-refractivity contribution in [3.05, 3.63) is 11.6 Å². The second-order valence-electron chi connectivity index (χ2n) is 11.4. The summed E-state index contributed by atoms with van der Waals surface area (Å²) >= 11 is 0. The van der Waals surface area contributed by atoms with Gasteiger partial charge in [-0.15, -0.1) is 0 Å². The van der Waals surface area contributed by atoms with Crippen molar-refractivity contribution in [3.63, 3.8) is 0 Å². The molecule has 5 aliphatic rings. The second-order valence-corrected chi connectivity index (χ2v) is 11.4. The smallest absolute Gasteiger partial charge is 0.335 e. The first-order chi connectivity index (χ1) is 15.6. The Morgan fingerprint density at radius 3 is 2.45 bits per heavy atom. The number of aliphatic carboxylic acids is 1. The van der Waals surface area contributed by atoms with Gasteiger partial charge in [-0.2, -0.15) is 0 Å². The van der Waals surface area contributed by atoms with Crippen molar-refractivity contribution in [2.75, 3.05) is 0 Å². The highest BCUT2D eigenvalue weighted by molar-refractivity contribution is 5.87. The maximum atomic E-state index is 12.6. The van der Waals surface area contributed by atoms with Gasteiger partial charge in [-0.3, -0.25) is 4.79 Å². The van der Waals surface area contributed by atoms with Crippen LogP contribution in [0.3, 0.4) is 0 Å². The van der Waals surface area contributed by atoms with Crippen LogP contribution in [0.5, 0.6) is 0 Å². The molecule has 3 saturated carbocycles. The molecule has 0 spiro atoms. The van der Waals surface area contributed by atoms with E-state index < -0.39 is 36.7 Å². The number of carboxylic acids is 1. The molecule has 8 heteroatoms. The van der Waals surface area contributed by atoms with Gasteiger partial charge in [0, 0.05) is 11.8 Å². The molecule has 0 radical (unpaired) electrons. The standard InChI is InChI=1S/C25H36O8/c1-24-9-7-13(32-23-20(29)18(27)19(28)21(33-23)22(30)31)11-12(24)3-4-14-15-5-6-17(26)25(15,2)10-8-16(14)24/h3,13-16,18-21,23,27-29H,4-11H2,1-2H3,(H,30,31). The summed E-state index contributed by atoms with van der Waals surface area (Å²) in [5.74, 6) is 0.596. The van der Waals surface area contributed by atoms with Crippen LogP contribution >= 0.6 is 0 Å². The first kappa shape index (κ1) is 23.4. The van der Waals surface area contributed by atoms with E-state index in [-0.39, 0.29) is 16.9 Å². The number of fused-ring (bicyclic) bond motifs is 5. The average molecular weight is 465 g/mol. The van der Waals surface area contributed by atoms with Crippen LogP contribution in [0.15, 0.2) is 11.6 Å². The molecule has 4 aliphatic carbocycles. The van der Waals surface area contributed by atoms with Crippen LogP contribution in [0, 0.1) is 28.6 Å². The predicted molar refractivity (Wildman–Crippen MR) is 116 cm³/mol. The lowest BCUT2D eigenvalue weighted by molar-refractivity contribution is -0.306. The van der Waals surface area contributed by atoms with E-state index in [0.29, 0.717) is 30.0 Å². The Morgan fingerprint density at radius 2 is 1.73 bits per heavy atom. The normalized spacial score (nSPS) is 51.8. The molecule has 11 unspecified atom stereocenters. The molecule has 1 aliphatic heterocycles. The Hall–Kier alpha value is -1.32. The quantitative estimate of drug-likeness (QED) is 0.465. The molecular formula is C25H36O8. The molecule has 184 valence electrons. The van der Waals surface area contributed by atoms with Crippen LogP contribution in [-0.2, 0) is 19.1 Å². The fraction of sp³-hybridized carbons (Fsp3) is 0.840. The van der Waals surface area contributed by atoms with Gasteiger partial charge >= 0.3 is 5.97 Å². The van der Waals surface area contributed by atoms with Gasteiger partial charge in [-0.25, -0.2) is 4.79 Å². The number of Topliss-reactive ketones (excluding diaryl/α,β-unsaturated/α-hetero) is 1. The zero-order valence-electron chi connectivity index (χ0n) is 19.4. The third kappa shape index (κ3) is 3.52. The van der Waals surface area contributed by atoms with Crippen LogP contribution in [0.25, 0.3) is 0 Å². The maximum Gasteiger partial charge on any atom is 0.335 e. The number of rotatable bonds is 3. The molecule has 1 heterocycles. The van der Waals surface area contributed by atoms with Gasteiger partial charge in [0.2, 0.25) is 0 Å². The van der Waals surface area contributed by atoms with E-state index >= 15 is 0 Å². The van der Waals surface area contributed by atoms with Crippen LogP contribution in [-0.4, -0.2) is 69.0 Å². The number of carbonyl (C=O) groups excluding carboxylic acids is 1. The summed E-state index contributed by atoms with van der Waals surface area (Å²) in [6, 6.07) is 0. The van der Waals surface area contributed by atoms with Crippen molar-refractivity contribution in [2.24, 2.45) is 28.6 Å².